The van der Waals surface area contributed by atoms with Gasteiger partial charge in [-0.1, -0.05) is 32.1 Å². The topological polar surface area (TPSA) is 201 Å². The van der Waals surface area contributed by atoms with Gasteiger partial charge in [-0.2, -0.15) is 13.0 Å². The second-order valence-electron chi connectivity index (χ2n) is 15.2. The largest absolute Gasteiger partial charge is 0.744 e. The van der Waals surface area contributed by atoms with E-state index in [4.69, 9.17) is 28.8 Å². The molecule has 2 aromatic rings. The predicted molar refractivity (Wildman–Crippen MR) is 226 cm³/mol. The maximum absolute atomic E-state index is 12.3. The average Bonchev–Trinajstić information content (AvgIpc) is 3.55. The highest BCUT2D eigenvalue weighted by atomic mass is 32.2. The first kappa shape index (κ1) is 48.9. The number of rotatable bonds is 27. The van der Waals surface area contributed by atoms with Crippen molar-refractivity contribution in [2.24, 2.45) is 0 Å². The summed E-state index contributed by atoms with van der Waals surface area (Å²) in [7, 11) is -7.52. The lowest BCUT2D eigenvalue weighted by atomic mass is 9.76. The van der Waals surface area contributed by atoms with Gasteiger partial charge in [0.05, 0.1) is 68.1 Å². The summed E-state index contributed by atoms with van der Waals surface area (Å²) in [5.74, 6) is -0.853. The van der Waals surface area contributed by atoms with Crippen molar-refractivity contribution in [1.82, 2.24) is 0 Å². The number of hydrogen-bond donors (Lipinski definition) is 2. The highest BCUT2D eigenvalue weighted by Crippen LogP contribution is 2.48. The molecule has 332 valence electrons. The van der Waals surface area contributed by atoms with Crippen LogP contribution in [0.25, 0.3) is 0 Å². The van der Waals surface area contributed by atoms with Crippen molar-refractivity contribution in [1.29, 1.82) is 0 Å². The Morgan fingerprint density at radius 3 is 1.98 bits per heavy atom. The minimum Gasteiger partial charge on any atom is -0.744 e. The lowest BCUT2D eigenvalue weighted by Gasteiger charge is -2.25. The molecule has 0 saturated carbocycles. The number of aliphatic carboxylic acids is 1. The molecule has 4 rings (SSSR count). The summed E-state index contributed by atoms with van der Waals surface area (Å²) in [4.78, 5) is 12.8. The van der Waals surface area contributed by atoms with E-state index in [1.807, 2.05) is 58.1 Å². The van der Waals surface area contributed by atoms with Gasteiger partial charge in [-0.25, -0.2) is 8.42 Å². The number of carbonyl (C=O) groups is 1. The molecule has 2 aliphatic heterocycles. The zero-order valence-electron chi connectivity index (χ0n) is 35.3. The second kappa shape index (κ2) is 22.4. The van der Waals surface area contributed by atoms with Crippen LogP contribution in [0.5, 0.6) is 0 Å². The third-order valence-electron chi connectivity index (χ3n) is 10.8. The summed E-state index contributed by atoms with van der Waals surface area (Å²) < 4.78 is 99.8. The number of benzene rings is 2. The molecule has 2 heterocycles. The molecule has 0 bridgehead atoms. The Bertz CT molecular complexity index is 2130. The molecule has 2 aromatic carbocycles. The molecule has 17 heteroatoms. The minimum atomic E-state index is -4.63. The number of carboxylic acids is 1. The van der Waals surface area contributed by atoms with E-state index < -0.39 is 37.0 Å². The normalized spacial score (nSPS) is 18.4. The zero-order chi connectivity index (χ0) is 44.0. The predicted octanol–water partition coefficient (Wildman–Crippen LogP) is 5.76. The summed E-state index contributed by atoms with van der Waals surface area (Å²) in [6.45, 7) is 12.9. The molecule has 0 aliphatic carbocycles. The molecule has 2 N–H and O–H groups in total. The molecular formula is C43H60N2O13S2. The molecule has 1 atom stereocenters. The summed E-state index contributed by atoms with van der Waals surface area (Å²) in [6.07, 6.45) is 12.0. The second-order valence-corrected chi connectivity index (χ2v) is 18.0. The van der Waals surface area contributed by atoms with Gasteiger partial charge in [-0.3, -0.25) is 9.35 Å². The van der Waals surface area contributed by atoms with Crippen LogP contribution in [0.1, 0.15) is 70.9 Å². The average molecular weight is 877 g/mol. The molecule has 1 unspecified atom stereocenters. The Morgan fingerprint density at radius 1 is 0.800 bits per heavy atom. The van der Waals surface area contributed by atoms with Crippen molar-refractivity contribution >= 4 is 43.3 Å². The summed E-state index contributed by atoms with van der Waals surface area (Å²) >= 11 is 0. The molecule has 0 saturated heterocycles. The van der Waals surface area contributed by atoms with Crippen molar-refractivity contribution in [2.75, 3.05) is 84.6 Å². The van der Waals surface area contributed by atoms with E-state index in [1.54, 1.807) is 19.2 Å². The molecule has 0 aromatic heterocycles. The Hall–Kier alpha value is -3.78. The quantitative estimate of drug-likeness (QED) is 0.0475. The highest BCUT2D eigenvalue weighted by molar-refractivity contribution is 7.86. The minimum absolute atomic E-state index is 0.0669. The SMILES string of the molecule is CCN1/C(=C/C=C/C=C/C2=[N+](CCCCCC(=O)O)c3ccc(S(=O)(=O)O)cc3C2(C)CCOCCOCCOCCOCCOC)C(C)(C)c2cc(S(=O)(=O)[O-])ccc21. The third-order valence-corrected chi connectivity index (χ3v) is 12.5. The van der Waals surface area contributed by atoms with Gasteiger partial charge in [-0.05, 0) is 75.1 Å². The van der Waals surface area contributed by atoms with E-state index in [2.05, 4.69) is 9.48 Å². The van der Waals surface area contributed by atoms with Crippen molar-refractivity contribution in [3.05, 3.63) is 83.6 Å². The third kappa shape index (κ3) is 12.9. The van der Waals surface area contributed by atoms with Gasteiger partial charge in [0.25, 0.3) is 10.1 Å². The lowest BCUT2D eigenvalue weighted by molar-refractivity contribution is -0.438. The van der Waals surface area contributed by atoms with E-state index in [0.29, 0.717) is 104 Å². The maximum Gasteiger partial charge on any atom is 0.303 e. The number of hydrogen-bond acceptors (Lipinski definition) is 12. The van der Waals surface area contributed by atoms with E-state index in [1.165, 1.54) is 24.3 Å². The molecule has 60 heavy (non-hydrogen) atoms. The van der Waals surface area contributed by atoms with Crippen molar-refractivity contribution in [3.8, 4) is 0 Å². The number of unbranched alkanes of at least 4 members (excludes halogenated alkanes) is 2. The Morgan fingerprint density at radius 2 is 1.40 bits per heavy atom. The van der Waals surface area contributed by atoms with Crippen LogP contribution in [0, 0.1) is 0 Å². The van der Waals surface area contributed by atoms with Crippen molar-refractivity contribution in [3.63, 3.8) is 0 Å². The zero-order valence-corrected chi connectivity index (χ0v) is 36.9. The van der Waals surface area contributed by atoms with Crippen LogP contribution in [0.15, 0.2) is 82.3 Å². The van der Waals surface area contributed by atoms with E-state index in [-0.39, 0.29) is 16.2 Å². The van der Waals surface area contributed by atoms with Crippen LogP contribution in [0.4, 0.5) is 11.4 Å². The number of methoxy groups -OCH3 is 1. The van der Waals surface area contributed by atoms with Crippen LogP contribution >= 0.6 is 0 Å². The fraction of sp³-hybridized carbons (Fsp3) is 0.535. The fourth-order valence-electron chi connectivity index (χ4n) is 7.61. The monoisotopic (exact) mass is 876 g/mol. The summed E-state index contributed by atoms with van der Waals surface area (Å²) in [6, 6.07) is 9.06. The number of allylic oxidation sites excluding steroid dienone is 6. The highest BCUT2D eigenvalue weighted by Gasteiger charge is 2.48. The first-order chi connectivity index (χ1) is 28.5. The van der Waals surface area contributed by atoms with Gasteiger partial charge in [0.1, 0.15) is 16.7 Å². The number of likely N-dealkylation sites (N-methyl/N-ethyl adjacent to an activating group) is 1. The van der Waals surface area contributed by atoms with Crippen molar-refractivity contribution < 1.29 is 64.1 Å². The Balaban J connectivity index is 1.55. The first-order valence-electron chi connectivity index (χ1n) is 20.2. The van der Waals surface area contributed by atoms with E-state index >= 15 is 0 Å². The Labute approximate surface area is 354 Å². The van der Waals surface area contributed by atoms with Crippen LogP contribution in [0.3, 0.4) is 0 Å². The van der Waals surface area contributed by atoms with Crippen LogP contribution in [0.2, 0.25) is 0 Å². The summed E-state index contributed by atoms with van der Waals surface area (Å²) in [5, 5.41) is 9.16. The molecule has 15 nitrogen and oxygen atoms in total. The van der Waals surface area contributed by atoms with Crippen molar-refractivity contribution in [2.45, 2.75) is 80.4 Å². The van der Waals surface area contributed by atoms with E-state index in [9.17, 15) is 30.7 Å². The van der Waals surface area contributed by atoms with Gasteiger partial charge in [0.2, 0.25) is 5.69 Å². The lowest BCUT2D eigenvalue weighted by Crippen LogP contribution is -2.33. The molecular weight excluding hydrogens is 817 g/mol. The molecule has 0 spiro atoms. The maximum atomic E-state index is 12.3. The smallest absolute Gasteiger partial charge is 0.303 e. The van der Waals surface area contributed by atoms with Gasteiger partial charge >= 0.3 is 5.97 Å². The Kier molecular flexibility index (Phi) is 18.2. The van der Waals surface area contributed by atoms with Crippen LogP contribution < -0.4 is 4.90 Å². The molecule has 0 fully saturated rings. The van der Waals surface area contributed by atoms with Gasteiger partial charge in [-0.15, -0.1) is 0 Å². The van der Waals surface area contributed by atoms with Crippen LogP contribution in [-0.4, -0.2) is 127 Å². The first-order valence-corrected chi connectivity index (χ1v) is 23.0. The van der Waals surface area contributed by atoms with Gasteiger partial charge in [0, 0.05) is 67.6 Å². The fourth-order valence-corrected chi connectivity index (χ4v) is 8.61. The molecule has 0 amide bonds. The number of carboxylic acid groups (broad SMARTS) is 1. The van der Waals surface area contributed by atoms with E-state index in [0.717, 1.165) is 28.3 Å². The summed E-state index contributed by atoms with van der Waals surface area (Å²) in [5.41, 5.74) is 3.52. The standard InChI is InChI=1S/C43H60N2O13S2/c1-6-44-37-18-16-33(59(48,49)50)31-35(37)42(2,3)39(44)13-9-7-10-14-40-43(4,20-22-55-25-26-57-29-30-58-28-27-56-24-23-54-5)36-32-34(60(51,52)53)17-19-38(36)45(40)21-12-8-11-15-41(46)47/h7,9-10,13-14,16-19,31-32H,6,8,11-12,15,20-30H2,1-5H3,(H2-,46,47,48,49,50,51,52,53). The van der Waals surface area contributed by atoms with Gasteiger partial charge in [0.15, 0.2) is 5.71 Å². The number of nitrogens with zero attached hydrogens (tertiary/aromatic N) is 2. The molecule has 2 aliphatic rings. The van der Waals surface area contributed by atoms with Crippen LogP contribution in [-0.2, 0) is 59.5 Å². The number of anilines is 1. The molecule has 0 radical (unpaired) electrons. The number of ether oxygens (including phenoxy) is 5. The van der Waals surface area contributed by atoms with Gasteiger partial charge < -0.3 is 38.2 Å². The number of fused-ring (bicyclic) bond motifs is 2.